The van der Waals surface area contributed by atoms with Crippen molar-refractivity contribution in [2.24, 2.45) is 0 Å². The molecule has 0 fully saturated rings. The zero-order valence-corrected chi connectivity index (χ0v) is 46.6. The lowest BCUT2D eigenvalue weighted by atomic mass is 10.0. The second-order valence-corrected chi connectivity index (χ2v) is 31.5. The third-order valence-electron chi connectivity index (χ3n) is 8.71. The van der Waals surface area contributed by atoms with E-state index in [0.717, 1.165) is 31.4 Å². The molecule has 1 unspecified atom stereocenters. The third kappa shape index (κ3) is 14.5. The van der Waals surface area contributed by atoms with Crippen LogP contribution in [0.2, 0.25) is 0 Å². The molecule has 0 nitrogen and oxygen atoms in total. The standard InChI is InChI=1S/C42H50S16/c1-7-30-32(24-27-14-10-9-11-15-27)53-39(51-30)40-52-31(8-2)33(54-40)25-28-16-12-13-17-29(28)34(46-6)26-50-38-37(49-23-20-45-5)57-42(58-38)41-55-35(47-21-18-43-3)36(56-41)48-22-19-44-4/h9-17,34H,7-8,18-26H2,1-6H3/b40-39-. The van der Waals surface area contributed by atoms with Crippen LogP contribution < -0.4 is 0 Å². The van der Waals surface area contributed by atoms with E-state index in [1.165, 1.54) is 90.0 Å². The molecule has 0 saturated heterocycles. The van der Waals surface area contributed by atoms with Crippen LogP contribution >= 0.6 is 188 Å². The summed E-state index contributed by atoms with van der Waals surface area (Å²) in [6, 6.07) is 20.3. The minimum Gasteiger partial charge on any atom is -0.165 e. The number of benzene rings is 2. The summed E-state index contributed by atoms with van der Waals surface area (Å²) >= 11 is 32.6. The van der Waals surface area contributed by atoms with Crippen LogP contribution in [0, 0.1) is 0 Å². The molecule has 1 atom stereocenters. The highest BCUT2D eigenvalue weighted by atomic mass is 32.3. The van der Waals surface area contributed by atoms with Crippen molar-refractivity contribution in [3.63, 3.8) is 0 Å². The predicted molar refractivity (Wildman–Crippen MR) is 305 cm³/mol. The summed E-state index contributed by atoms with van der Waals surface area (Å²) in [5, 5.41) is 0.435. The summed E-state index contributed by atoms with van der Waals surface area (Å²) in [5.41, 5.74) is 4.41. The first kappa shape index (κ1) is 49.9. The van der Waals surface area contributed by atoms with Gasteiger partial charge in [0.15, 0.2) is 0 Å². The number of allylic oxidation sites excluding steroid dienone is 4. The first-order chi connectivity index (χ1) is 28.5. The van der Waals surface area contributed by atoms with E-state index in [9.17, 15) is 0 Å². The Morgan fingerprint density at radius 3 is 1.36 bits per heavy atom. The lowest BCUT2D eigenvalue weighted by Crippen LogP contribution is -2.03. The van der Waals surface area contributed by atoms with Crippen LogP contribution in [0.5, 0.6) is 0 Å². The monoisotopic (exact) mass is 1070 g/mol. The fourth-order valence-electron chi connectivity index (χ4n) is 5.81. The number of thioether (sulfide) groups is 16. The SMILES string of the molecule is CCC1=C(Cc2ccccc2)S/C(=C2/SC(CC)=C(Cc3ccccc3C(CSC3=C(SCCSC)SC(=C4SC(SCCSC)=C(SCCSC)S4)S3)SC)S2)S1. The molecule has 0 aromatic heterocycles. The normalized spacial score (nSPS) is 19.3. The molecule has 4 heterocycles. The topological polar surface area (TPSA) is 0 Å². The van der Waals surface area contributed by atoms with E-state index in [-0.39, 0.29) is 0 Å². The summed E-state index contributed by atoms with van der Waals surface area (Å²) in [5.74, 6) is 8.22. The molecule has 0 radical (unpaired) electrons. The minimum absolute atomic E-state index is 0.435. The van der Waals surface area contributed by atoms with Gasteiger partial charge in [0.2, 0.25) is 0 Å². The zero-order chi connectivity index (χ0) is 40.7. The molecule has 4 aliphatic heterocycles. The molecule has 0 aliphatic carbocycles. The lowest BCUT2D eigenvalue weighted by molar-refractivity contribution is 1.05. The average Bonchev–Trinajstić information content (AvgIpc) is 4.05. The van der Waals surface area contributed by atoms with Crippen LogP contribution in [0.4, 0.5) is 0 Å². The fourth-order valence-corrected chi connectivity index (χ4v) is 27.1. The maximum atomic E-state index is 2.42. The molecule has 6 rings (SSSR count). The van der Waals surface area contributed by atoms with Gasteiger partial charge >= 0.3 is 0 Å². The van der Waals surface area contributed by atoms with Gasteiger partial charge in [0.1, 0.15) is 0 Å². The van der Waals surface area contributed by atoms with Crippen LogP contribution in [0.25, 0.3) is 0 Å². The maximum Gasteiger partial charge on any atom is 0.0717 e. The Kier molecular flexibility index (Phi) is 23.4. The van der Waals surface area contributed by atoms with Gasteiger partial charge < -0.3 is 0 Å². The molecule has 4 aliphatic rings. The van der Waals surface area contributed by atoms with Gasteiger partial charge in [-0.3, -0.25) is 0 Å². The van der Waals surface area contributed by atoms with Gasteiger partial charge in [0, 0.05) is 78.0 Å². The number of hydrogen-bond acceptors (Lipinski definition) is 16. The molecule has 58 heavy (non-hydrogen) atoms. The molecule has 16 heteroatoms. The second-order valence-electron chi connectivity index (χ2n) is 12.6. The van der Waals surface area contributed by atoms with Crippen molar-refractivity contribution in [3.05, 3.63) is 125 Å². The van der Waals surface area contributed by atoms with Gasteiger partial charge in [-0.05, 0) is 54.6 Å². The van der Waals surface area contributed by atoms with Gasteiger partial charge in [-0.2, -0.15) is 47.0 Å². The fraction of sp³-hybridized carbons (Fsp3) is 0.429. The average molecular weight is 1070 g/mol. The minimum atomic E-state index is 0.435. The summed E-state index contributed by atoms with van der Waals surface area (Å²) in [6.45, 7) is 4.66. The highest BCUT2D eigenvalue weighted by Gasteiger charge is 2.33. The molecule has 0 bridgehead atoms. The van der Waals surface area contributed by atoms with Crippen molar-refractivity contribution < 1.29 is 0 Å². The summed E-state index contributed by atoms with van der Waals surface area (Å²) in [4.78, 5) is 6.19. The Labute approximate surface area is 417 Å². The first-order valence-electron chi connectivity index (χ1n) is 18.9. The Bertz CT molecular complexity index is 1870. The van der Waals surface area contributed by atoms with Crippen molar-refractivity contribution >= 4 is 188 Å². The van der Waals surface area contributed by atoms with Crippen molar-refractivity contribution in [1.29, 1.82) is 0 Å². The molecule has 314 valence electrons. The molecule has 2 aromatic rings. The Hall–Kier alpha value is 2.48. The number of hydrogen-bond donors (Lipinski definition) is 0. The number of rotatable bonds is 23. The quantitative estimate of drug-likeness (QED) is 0.0969. The van der Waals surface area contributed by atoms with E-state index in [1.54, 1.807) is 14.7 Å². The summed E-state index contributed by atoms with van der Waals surface area (Å²) in [7, 11) is 0. The zero-order valence-electron chi connectivity index (χ0n) is 33.6. The third-order valence-corrected chi connectivity index (χ3v) is 30.4. The van der Waals surface area contributed by atoms with Crippen molar-refractivity contribution in [1.82, 2.24) is 0 Å². The molecule has 0 saturated carbocycles. The Morgan fingerprint density at radius 1 is 0.448 bits per heavy atom. The van der Waals surface area contributed by atoms with E-state index in [2.05, 4.69) is 176 Å². The van der Waals surface area contributed by atoms with Gasteiger partial charge in [0.05, 0.1) is 33.9 Å². The maximum absolute atomic E-state index is 2.42. The summed E-state index contributed by atoms with van der Waals surface area (Å²) < 4.78 is 12.1. The van der Waals surface area contributed by atoms with Crippen LogP contribution in [-0.4, -0.2) is 65.3 Å². The molecular formula is C42H50S16. The second kappa shape index (κ2) is 27.2. The Balaban J connectivity index is 1.14. The van der Waals surface area contributed by atoms with Crippen molar-refractivity contribution in [3.8, 4) is 0 Å². The van der Waals surface area contributed by atoms with Crippen LogP contribution in [0.1, 0.15) is 48.6 Å². The highest BCUT2D eigenvalue weighted by molar-refractivity contribution is 8.45. The first-order valence-corrected chi connectivity index (χ1v) is 34.9. The van der Waals surface area contributed by atoms with Gasteiger partial charge in [0.25, 0.3) is 0 Å². The van der Waals surface area contributed by atoms with Gasteiger partial charge in [-0.1, -0.05) is 163 Å². The van der Waals surface area contributed by atoms with E-state index < -0.39 is 0 Å². The van der Waals surface area contributed by atoms with E-state index in [4.69, 9.17) is 0 Å². The predicted octanol–water partition coefficient (Wildman–Crippen LogP) is 18.6. The lowest BCUT2D eigenvalue weighted by Gasteiger charge is -2.19. The van der Waals surface area contributed by atoms with Gasteiger partial charge in [-0.15, -0.1) is 47.0 Å². The van der Waals surface area contributed by atoms with Crippen molar-refractivity contribution in [2.75, 3.05) is 65.3 Å². The van der Waals surface area contributed by atoms with E-state index >= 15 is 0 Å². The van der Waals surface area contributed by atoms with Crippen molar-refractivity contribution in [2.45, 2.75) is 44.8 Å². The van der Waals surface area contributed by atoms with Crippen LogP contribution in [0.3, 0.4) is 0 Å². The van der Waals surface area contributed by atoms with Crippen LogP contribution in [-0.2, 0) is 12.8 Å². The largest absolute Gasteiger partial charge is 0.165 e. The Morgan fingerprint density at radius 2 is 0.879 bits per heavy atom. The molecule has 0 amide bonds. The molecule has 0 N–H and O–H groups in total. The highest BCUT2D eigenvalue weighted by Crippen LogP contribution is 2.67. The summed E-state index contributed by atoms with van der Waals surface area (Å²) in [6.07, 6.45) is 13.2. The molecule has 2 aromatic carbocycles. The van der Waals surface area contributed by atoms with E-state index in [1.807, 2.05) is 106 Å². The van der Waals surface area contributed by atoms with Gasteiger partial charge in [-0.25, -0.2) is 0 Å². The smallest absolute Gasteiger partial charge is 0.0717 e. The van der Waals surface area contributed by atoms with E-state index in [0.29, 0.717) is 5.25 Å². The van der Waals surface area contributed by atoms with Crippen LogP contribution in [0.15, 0.2) is 108 Å². The molecule has 0 spiro atoms. The molecular weight excluding hydrogens is 1020 g/mol.